The summed E-state index contributed by atoms with van der Waals surface area (Å²) in [5, 5.41) is 0. The third-order valence-corrected chi connectivity index (χ3v) is 5.44. The Kier molecular flexibility index (Phi) is 5.18. The third-order valence-electron chi connectivity index (χ3n) is 4.42. The number of amides is 1. The highest BCUT2D eigenvalue weighted by Gasteiger charge is 2.35. The maximum atomic E-state index is 12.7. The molecule has 2 rings (SSSR count). The maximum Gasteiger partial charge on any atom is 0.229 e. The molecule has 2 heterocycles. The van der Waals surface area contributed by atoms with Gasteiger partial charge in [-0.25, -0.2) is 0 Å². The fourth-order valence-electron chi connectivity index (χ4n) is 3.39. The standard InChI is InChI=1S/C15H28N2OS/c1-15(2,12-19-3)14(18)17-10-6-7-13(11-17)16-8-4-5-9-16/h13H,4-12H2,1-3H3/t13-/m0/s1. The van der Waals surface area contributed by atoms with E-state index in [1.54, 1.807) is 11.8 Å². The highest BCUT2D eigenvalue weighted by molar-refractivity contribution is 7.98. The lowest BCUT2D eigenvalue weighted by Crippen LogP contribution is -2.52. The molecule has 3 nitrogen and oxygen atoms in total. The number of nitrogens with zero attached hydrogens (tertiary/aromatic N) is 2. The van der Waals surface area contributed by atoms with Crippen LogP contribution in [0.5, 0.6) is 0 Å². The summed E-state index contributed by atoms with van der Waals surface area (Å²) in [4.78, 5) is 17.4. The first-order valence-corrected chi connectivity index (χ1v) is 8.96. The molecule has 110 valence electrons. The van der Waals surface area contributed by atoms with Crippen LogP contribution in [0.4, 0.5) is 0 Å². The molecule has 0 aliphatic carbocycles. The molecule has 0 bridgehead atoms. The van der Waals surface area contributed by atoms with Gasteiger partial charge in [0.1, 0.15) is 0 Å². The van der Waals surface area contributed by atoms with Crippen LogP contribution in [-0.2, 0) is 4.79 Å². The summed E-state index contributed by atoms with van der Waals surface area (Å²) < 4.78 is 0. The molecule has 1 atom stereocenters. The van der Waals surface area contributed by atoms with Crippen molar-refractivity contribution in [3.05, 3.63) is 0 Å². The Morgan fingerprint density at radius 2 is 1.89 bits per heavy atom. The van der Waals surface area contributed by atoms with E-state index in [1.165, 1.54) is 38.8 Å². The number of thioether (sulfide) groups is 1. The van der Waals surface area contributed by atoms with Gasteiger partial charge in [0.05, 0.1) is 5.41 Å². The van der Waals surface area contributed by atoms with Crippen molar-refractivity contribution in [3.8, 4) is 0 Å². The molecular weight excluding hydrogens is 256 g/mol. The van der Waals surface area contributed by atoms with Gasteiger partial charge in [-0.3, -0.25) is 9.69 Å². The molecule has 2 aliphatic heterocycles. The molecule has 0 radical (unpaired) electrons. The van der Waals surface area contributed by atoms with Crippen molar-refractivity contribution in [2.45, 2.75) is 45.6 Å². The van der Waals surface area contributed by atoms with Gasteiger partial charge in [-0.05, 0) is 45.0 Å². The van der Waals surface area contributed by atoms with Crippen LogP contribution in [0.15, 0.2) is 0 Å². The summed E-state index contributed by atoms with van der Waals surface area (Å²) in [6.45, 7) is 8.57. The summed E-state index contributed by atoms with van der Waals surface area (Å²) >= 11 is 1.77. The van der Waals surface area contributed by atoms with Crippen LogP contribution in [0, 0.1) is 5.41 Å². The van der Waals surface area contributed by atoms with Crippen molar-refractivity contribution in [2.75, 3.05) is 38.2 Å². The molecule has 0 aromatic carbocycles. The highest BCUT2D eigenvalue weighted by Crippen LogP contribution is 2.27. The van der Waals surface area contributed by atoms with Gasteiger partial charge in [0.25, 0.3) is 0 Å². The van der Waals surface area contributed by atoms with E-state index in [1.807, 2.05) is 0 Å². The molecule has 2 aliphatic rings. The summed E-state index contributed by atoms with van der Waals surface area (Å²) in [6.07, 6.45) is 7.19. The van der Waals surface area contributed by atoms with Gasteiger partial charge in [0, 0.05) is 24.9 Å². The first-order chi connectivity index (χ1) is 9.04. The highest BCUT2D eigenvalue weighted by atomic mass is 32.2. The first kappa shape index (κ1) is 15.2. The van der Waals surface area contributed by atoms with Crippen LogP contribution in [-0.4, -0.2) is 59.9 Å². The Labute approximate surface area is 122 Å². The van der Waals surface area contributed by atoms with Crippen LogP contribution < -0.4 is 0 Å². The fraction of sp³-hybridized carbons (Fsp3) is 0.933. The van der Waals surface area contributed by atoms with Crippen LogP contribution in [0.25, 0.3) is 0 Å². The molecular formula is C15H28N2OS. The number of likely N-dealkylation sites (tertiary alicyclic amines) is 2. The van der Waals surface area contributed by atoms with Crippen molar-refractivity contribution in [2.24, 2.45) is 5.41 Å². The number of piperidine rings is 1. The maximum absolute atomic E-state index is 12.7. The molecule has 0 N–H and O–H groups in total. The van der Waals surface area contributed by atoms with Crippen LogP contribution >= 0.6 is 11.8 Å². The Morgan fingerprint density at radius 3 is 2.53 bits per heavy atom. The van der Waals surface area contributed by atoms with E-state index in [4.69, 9.17) is 0 Å². The molecule has 0 saturated carbocycles. The SMILES string of the molecule is CSCC(C)(C)C(=O)N1CCC[C@H](N2CCCC2)C1. The van der Waals surface area contributed by atoms with Gasteiger partial charge in [0.2, 0.25) is 5.91 Å². The lowest BCUT2D eigenvalue weighted by atomic mass is 9.92. The lowest BCUT2D eigenvalue weighted by molar-refractivity contribution is -0.141. The van der Waals surface area contributed by atoms with E-state index < -0.39 is 0 Å². The Balaban J connectivity index is 1.94. The minimum atomic E-state index is -0.216. The van der Waals surface area contributed by atoms with Crippen LogP contribution in [0.3, 0.4) is 0 Å². The fourth-order valence-corrected chi connectivity index (χ4v) is 4.24. The van der Waals surface area contributed by atoms with Crippen LogP contribution in [0.2, 0.25) is 0 Å². The Hall–Kier alpha value is -0.220. The second kappa shape index (κ2) is 6.49. The predicted octanol–water partition coefficient (Wildman–Crippen LogP) is 2.46. The van der Waals surface area contributed by atoms with E-state index in [-0.39, 0.29) is 5.41 Å². The van der Waals surface area contributed by atoms with Crippen molar-refractivity contribution in [1.29, 1.82) is 0 Å². The predicted molar refractivity (Wildman–Crippen MR) is 82.6 cm³/mol. The summed E-state index contributed by atoms with van der Waals surface area (Å²) in [5.74, 6) is 1.27. The van der Waals surface area contributed by atoms with Gasteiger partial charge in [-0.2, -0.15) is 11.8 Å². The Morgan fingerprint density at radius 1 is 1.21 bits per heavy atom. The van der Waals surface area contributed by atoms with Gasteiger partial charge in [-0.1, -0.05) is 13.8 Å². The van der Waals surface area contributed by atoms with Crippen molar-refractivity contribution in [3.63, 3.8) is 0 Å². The number of rotatable bonds is 4. The van der Waals surface area contributed by atoms with E-state index in [9.17, 15) is 4.79 Å². The van der Waals surface area contributed by atoms with Gasteiger partial charge in [0.15, 0.2) is 0 Å². The minimum Gasteiger partial charge on any atom is -0.341 e. The summed E-state index contributed by atoms with van der Waals surface area (Å²) in [6, 6.07) is 0.616. The zero-order chi connectivity index (χ0) is 13.9. The molecule has 0 aromatic heterocycles. The first-order valence-electron chi connectivity index (χ1n) is 7.57. The smallest absolute Gasteiger partial charge is 0.229 e. The second-order valence-electron chi connectivity index (χ2n) is 6.61. The number of hydrogen-bond acceptors (Lipinski definition) is 3. The zero-order valence-corrected chi connectivity index (χ0v) is 13.5. The average molecular weight is 284 g/mol. The van der Waals surface area contributed by atoms with E-state index >= 15 is 0 Å². The topological polar surface area (TPSA) is 23.6 Å². The third kappa shape index (κ3) is 3.66. The quantitative estimate of drug-likeness (QED) is 0.792. The van der Waals surface area contributed by atoms with Crippen molar-refractivity contribution < 1.29 is 4.79 Å². The van der Waals surface area contributed by atoms with E-state index in [0.717, 1.165) is 18.8 Å². The number of carbonyl (C=O) groups excluding carboxylic acids is 1. The molecule has 4 heteroatoms. The summed E-state index contributed by atoms with van der Waals surface area (Å²) in [7, 11) is 0. The zero-order valence-electron chi connectivity index (χ0n) is 12.7. The van der Waals surface area contributed by atoms with Gasteiger partial charge >= 0.3 is 0 Å². The normalized spacial score (nSPS) is 25.8. The average Bonchev–Trinajstić information content (AvgIpc) is 2.92. The molecule has 2 fully saturated rings. The van der Waals surface area contributed by atoms with Crippen molar-refractivity contribution in [1.82, 2.24) is 9.80 Å². The lowest BCUT2D eigenvalue weighted by Gasteiger charge is -2.40. The molecule has 0 spiro atoms. The molecule has 0 unspecified atom stereocenters. The molecule has 1 amide bonds. The van der Waals surface area contributed by atoms with E-state index in [2.05, 4.69) is 29.9 Å². The molecule has 0 aromatic rings. The summed E-state index contributed by atoms with van der Waals surface area (Å²) in [5.41, 5.74) is -0.216. The Bertz CT molecular complexity index is 313. The van der Waals surface area contributed by atoms with Gasteiger partial charge in [-0.15, -0.1) is 0 Å². The number of hydrogen-bond donors (Lipinski definition) is 0. The second-order valence-corrected chi connectivity index (χ2v) is 7.47. The van der Waals surface area contributed by atoms with Crippen LogP contribution in [0.1, 0.15) is 39.5 Å². The number of carbonyl (C=O) groups is 1. The largest absolute Gasteiger partial charge is 0.341 e. The monoisotopic (exact) mass is 284 g/mol. The molecule has 19 heavy (non-hydrogen) atoms. The molecule has 2 saturated heterocycles. The van der Waals surface area contributed by atoms with E-state index in [0.29, 0.717) is 11.9 Å². The van der Waals surface area contributed by atoms with Crippen molar-refractivity contribution >= 4 is 17.7 Å². The minimum absolute atomic E-state index is 0.216. The van der Waals surface area contributed by atoms with Gasteiger partial charge < -0.3 is 4.90 Å².